The number of nitro benzene ring substituents is 1. The van der Waals surface area contributed by atoms with Gasteiger partial charge in [-0.3, -0.25) is 10.1 Å². The summed E-state index contributed by atoms with van der Waals surface area (Å²) in [7, 11) is 0. The number of hydrogen-bond donors (Lipinski definition) is 0. The smallest absolute Gasteiger partial charge is 0.258 e. The molecular weight excluding hydrogens is 206 g/mol. The highest BCUT2D eigenvalue weighted by Crippen LogP contribution is 2.20. The molecule has 0 aliphatic heterocycles. The number of benzene rings is 1. The zero-order valence-electron chi connectivity index (χ0n) is 7.12. The van der Waals surface area contributed by atoms with Crippen LogP contribution in [0.1, 0.15) is 5.56 Å². The van der Waals surface area contributed by atoms with Crippen LogP contribution in [0.3, 0.4) is 0 Å². The largest absolute Gasteiger partial charge is 0.307 e. The molecule has 0 amide bonds. The van der Waals surface area contributed by atoms with Crippen LogP contribution in [-0.4, -0.2) is 4.92 Å². The Morgan fingerprint density at radius 3 is 2.53 bits per heavy atom. The van der Waals surface area contributed by atoms with E-state index in [9.17, 15) is 18.9 Å². The van der Waals surface area contributed by atoms with Gasteiger partial charge in [0.25, 0.3) is 0 Å². The lowest BCUT2D eigenvalue weighted by Gasteiger charge is -1.96. The molecule has 0 fully saturated rings. The van der Waals surface area contributed by atoms with E-state index in [0.29, 0.717) is 12.1 Å². The van der Waals surface area contributed by atoms with Gasteiger partial charge in [0.1, 0.15) is 5.82 Å². The molecule has 0 aromatic heterocycles. The van der Waals surface area contributed by atoms with Crippen LogP contribution < -0.4 is 0 Å². The minimum absolute atomic E-state index is 0.389. The highest BCUT2D eigenvalue weighted by molar-refractivity contribution is 5.45. The molecule has 74 valence electrons. The lowest BCUT2D eigenvalue weighted by Crippen LogP contribution is -1.95. The lowest BCUT2D eigenvalue weighted by atomic mass is 10.2. The van der Waals surface area contributed by atoms with E-state index in [1.807, 2.05) is 11.8 Å². The van der Waals surface area contributed by atoms with E-state index in [2.05, 4.69) is 0 Å². The van der Waals surface area contributed by atoms with Crippen LogP contribution >= 0.6 is 0 Å². The van der Waals surface area contributed by atoms with Gasteiger partial charge in [-0.25, -0.2) is 4.39 Å². The van der Waals surface area contributed by atoms with Crippen molar-refractivity contribution in [1.29, 1.82) is 5.26 Å². The van der Waals surface area contributed by atoms with Crippen molar-refractivity contribution in [2.75, 3.05) is 0 Å². The molecule has 15 heavy (non-hydrogen) atoms. The molecule has 0 atom stereocenters. The summed E-state index contributed by atoms with van der Waals surface area (Å²) in [4.78, 5) is 9.17. The van der Waals surface area contributed by atoms with Gasteiger partial charge in [0, 0.05) is 5.92 Å². The molecule has 1 aromatic rings. The first-order valence-electron chi connectivity index (χ1n) is 3.60. The molecule has 0 unspecified atom stereocenters. The highest BCUT2D eigenvalue weighted by Gasteiger charge is 2.17. The predicted octanol–water partition coefficient (Wildman–Crippen LogP) is 1.75. The van der Waals surface area contributed by atoms with Crippen LogP contribution in [0.5, 0.6) is 0 Å². The van der Waals surface area contributed by atoms with Crippen LogP contribution in [0, 0.1) is 44.9 Å². The van der Waals surface area contributed by atoms with Crippen molar-refractivity contribution in [3.8, 4) is 17.9 Å². The van der Waals surface area contributed by atoms with Crippen molar-refractivity contribution in [1.82, 2.24) is 0 Å². The Kier molecular flexibility index (Phi) is 2.94. The number of hydrogen-bond acceptors (Lipinski definition) is 3. The number of halogens is 2. The summed E-state index contributed by atoms with van der Waals surface area (Å²) in [5.74, 6) is 1.65. The monoisotopic (exact) mass is 208 g/mol. The minimum atomic E-state index is -1.19. The molecule has 0 N–H and O–H groups in total. The SMILES string of the molecule is N#CC#Cc1cc(F)c([N+](=O)[O-])cc1F. The molecule has 0 aliphatic rings. The Hall–Kier alpha value is -2.47. The molecule has 1 rings (SSSR count). The summed E-state index contributed by atoms with van der Waals surface area (Å²) < 4.78 is 26.0. The van der Waals surface area contributed by atoms with E-state index < -0.39 is 22.2 Å². The predicted molar refractivity (Wildman–Crippen MR) is 45.5 cm³/mol. The molecule has 4 nitrogen and oxygen atoms in total. The average Bonchev–Trinajstić information content (AvgIpc) is 2.18. The Balaban J connectivity index is 3.33. The van der Waals surface area contributed by atoms with Crippen LogP contribution in [0.15, 0.2) is 12.1 Å². The summed E-state index contributed by atoms with van der Waals surface area (Å²) in [5.41, 5.74) is -1.35. The number of nitriles is 1. The van der Waals surface area contributed by atoms with Crippen molar-refractivity contribution in [3.63, 3.8) is 0 Å². The maximum atomic E-state index is 13.0. The second-order valence-electron chi connectivity index (χ2n) is 2.40. The van der Waals surface area contributed by atoms with Gasteiger partial charge >= 0.3 is 5.69 Å². The first kappa shape index (κ1) is 10.6. The summed E-state index contributed by atoms with van der Waals surface area (Å²) in [6.45, 7) is 0. The molecule has 1 aromatic carbocycles. The molecule has 0 spiro atoms. The minimum Gasteiger partial charge on any atom is -0.258 e. The second kappa shape index (κ2) is 4.16. The molecule has 0 saturated heterocycles. The van der Waals surface area contributed by atoms with E-state index >= 15 is 0 Å². The molecule has 0 saturated carbocycles. The van der Waals surface area contributed by atoms with E-state index in [1.165, 1.54) is 6.07 Å². The van der Waals surface area contributed by atoms with Crippen LogP contribution in [0.4, 0.5) is 14.5 Å². The molecule has 0 bridgehead atoms. The summed E-state index contributed by atoms with van der Waals surface area (Å²) in [5, 5.41) is 18.3. The Morgan fingerprint density at radius 1 is 1.33 bits per heavy atom. The van der Waals surface area contributed by atoms with Crippen LogP contribution in [-0.2, 0) is 0 Å². The van der Waals surface area contributed by atoms with Crippen molar-refractivity contribution >= 4 is 5.69 Å². The standard InChI is InChI=1S/C9H2F2N2O2/c10-7-5-9(13(14)15)8(11)4-6(7)2-1-3-12/h4-5H. The third-order valence-corrected chi connectivity index (χ3v) is 1.49. The van der Waals surface area contributed by atoms with E-state index in [4.69, 9.17) is 5.26 Å². The van der Waals surface area contributed by atoms with Crippen molar-refractivity contribution in [2.45, 2.75) is 0 Å². The Labute approximate surface area is 82.9 Å². The Bertz CT molecular complexity index is 523. The van der Waals surface area contributed by atoms with Crippen LogP contribution in [0.2, 0.25) is 0 Å². The maximum absolute atomic E-state index is 13.0. The third kappa shape index (κ3) is 2.26. The number of nitrogens with zero attached hydrogens (tertiary/aromatic N) is 2. The van der Waals surface area contributed by atoms with E-state index in [1.54, 1.807) is 0 Å². The fourth-order valence-electron chi connectivity index (χ4n) is 0.867. The summed E-state index contributed by atoms with van der Waals surface area (Å²) in [6, 6.07) is 2.42. The van der Waals surface area contributed by atoms with E-state index in [-0.39, 0.29) is 5.56 Å². The van der Waals surface area contributed by atoms with Gasteiger partial charge in [-0.1, -0.05) is 0 Å². The summed E-state index contributed by atoms with van der Waals surface area (Å²) in [6.07, 6.45) is 0. The van der Waals surface area contributed by atoms with Crippen molar-refractivity contribution < 1.29 is 13.7 Å². The zero-order chi connectivity index (χ0) is 11.4. The van der Waals surface area contributed by atoms with Gasteiger partial charge in [0.2, 0.25) is 5.82 Å². The van der Waals surface area contributed by atoms with Gasteiger partial charge in [0.15, 0.2) is 6.07 Å². The van der Waals surface area contributed by atoms with Gasteiger partial charge in [0.05, 0.1) is 16.6 Å². The molecule has 0 heterocycles. The average molecular weight is 208 g/mol. The zero-order valence-corrected chi connectivity index (χ0v) is 7.12. The second-order valence-corrected chi connectivity index (χ2v) is 2.40. The third-order valence-electron chi connectivity index (χ3n) is 1.49. The van der Waals surface area contributed by atoms with Gasteiger partial charge < -0.3 is 0 Å². The summed E-state index contributed by atoms with van der Waals surface area (Å²) >= 11 is 0. The van der Waals surface area contributed by atoms with Crippen molar-refractivity contribution in [3.05, 3.63) is 39.4 Å². The van der Waals surface area contributed by atoms with Gasteiger partial charge in [-0.15, -0.1) is 0 Å². The van der Waals surface area contributed by atoms with Crippen molar-refractivity contribution in [2.24, 2.45) is 0 Å². The fourth-order valence-corrected chi connectivity index (χ4v) is 0.867. The number of nitro groups is 1. The van der Waals surface area contributed by atoms with Gasteiger partial charge in [-0.2, -0.15) is 9.65 Å². The molecule has 0 aliphatic carbocycles. The maximum Gasteiger partial charge on any atom is 0.307 e. The normalized spacial score (nSPS) is 8.60. The molecular formula is C9H2F2N2O2. The molecule has 0 radical (unpaired) electrons. The quantitative estimate of drug-likeness (QED) is 0.401. The van der Waals surface area contributed by atoms with Gasteiger partial charge in [-0.05, 0) is 12.0 Å². The first-order valence-corrected chi connectivity index (χ1v) is 3.60. The topological polar surface area (TPSA) is 66.9 Å². The van der Waals surface area contributed by atoms with Crippen LogP contribution in [0.25, 0.3) is 0 Å². The fraction of sp³-hybridized carbons (Fsp3) is 0. The number of rotatable bonds is 1. The van der Waals surface area contributed by atoms with E-state index in [0.717, 1.165) is 0 Å². The first-order chi connectivity index (χ1) is 7.06. The Morgan fingerprint density at radius 2 is 2.00 bits per heavy atom. The lowest BCUT2D eigenvalue weighted by molar-refractivity contribution is -0.387. The molecule has 6 heteroatoms. The highest BCUT2D eigenvalue weighted by atomic mass is 19.1.